The molecule has 6 heteroatoms. The molecule has 1 aliphatic carbocycles. The Labute approximate surface area is 120 Å². The van der Waals surface area contributed by atoms with Crippen LogP contribution in [0.3, 0.4) is 0 Å². The third-order valence-corrected chi connectivity index (χ3v) is 4.74. The van der Waals surface area contributed by atoms with Crippen molar-refractivity contribution in [1.29, 1.82) is 0 Å². The van der Waals surface area contributed by atoms with Crippen molar-refractivity contribution in [2.24, 2.45) is 5.41 Å². The number of nitrogens with zero attached hydrogens (tertiary/aromatic N) is 1. The molecular formula is C15H16F3NO2. The van der Waals surface area contributed by atoms with Gasteiger partial charge in [-0.1, -0.05) is 24.3 Å². The zero-order valence-electron chi connectivity index (χ0n) is 11.4. The fourth-order valence-electron chi connectivity index (χ4n) is 3.41. The van der Waals surface area contributed by atoms with E-state index in [0.29, 0.717) is 6.54 Å². The molecule has 0 bridgehead atoms. The van der Waals surface area contributed by atoms with Gasteiger partial charge in [0, 0.05) is 19.0 Å². The summed E-state index contributed by atoms with van der Waals surface area (Å²) in [7, 11) is 0. The molecule has 1 heterocycles. The van der Waals surface area contributed by atoms with Crippen LogP contribution in [-0.2, 0) is 11.2 Å². The van der Waals surface area contributed by atoms with Gasteiger partial charge in [0.25, 0.3) is 0 Å². The molecule has 0 saturated carbocycles. The lowest BCUT2D eigenvalue weighted by molar-refractivity contribution is -0.227. The fraction of sp³-hybridized carbons (Fsp3) is 0.533. The summed E-state index contributed by atoms with van der Waals surface area (Å²) in [6.45, 7) is 0.247. The molecule has 0 aromatic heterocycles. The summed E-state index contributed by atoms with van der Waals surface area (Å²) >= 11 is 0. The van der Waals surface area contributed by atoms with E-state index < -0.39 is 24.1 Å². The Morgan fingerprint density at radius 3 is 2.67 bits per heavy atom. The normalized spacial score (nSPS) is 29.0. The standard InChI is InChI=1S/C15H16F3NO2/c16-15(17,18)14(13(20)21)5-6-19(9-14)8-11-7-10-3-1-2-4-12(10)11/h1-4,11H,5-9H2,(H,20,21). The van der Waals surface area contributed by atoms with Crippen molar-refractivity contribution in [3.63, 3.8) is 0 Å². The van der Waals surface area contributed by atoms with Crippen LogP contribution < -0.4 is 0 Å². The highest BCUT2D eigenvalue weighted by Gasteiger charge is 2.63. The molecule has 0 amide bonds. The van der Waals surface area contributed by atoms with Gasteiger partial charge in [-0.25, -0.2) is 0 Å². The van der Waals surface area contributed by atoms with Crippen molar-refractivity contribution in [3.8, 4) is 0 Å². The van der Waals surface area contributed by atoms with Crippen molar-refractivity contribution >= 4 is 5.97 Å². The first-order valence-electron chi connectivity index (χ1n) is 6.94. The molecule has 1 saturated heterocycles. The van der Waals surface area contributed by atoms with Gasteiger partial charge in [0.05, 0.1) is 0 Å². The number of likely N-dealkylation sites (tertiary alicyclic amines) is 1. The maximum Gasteiger partial charge on any atom is 0.406 e. The lowest BCUT2D eigenvalue weighted by Gasteiger charge is -2.34. The molecule has 0 spiro atoms. The van der Waals surface area contributed by atoms with Gasteiger partial charge in [-0.3, -0.25) is 4.79 Å². The summed E-state index contributed by atoms with van der Waals surface area (Å²) in [6, 6.07) is 7.89. The molecule has 1 aromatic carbocycles. The number of hydrogen-bond acceptors (Lipinski definition) is 2. The lowest BCUT2D eigenvalue weighted by atomic mass is 9.77. The summed E-state index contributed by atoms with van der Waals surface area (Å²) in [6.07, 6.45) is -4.20. The smallest absolute Gasteiger partial charge is 0.406 e. The minimum Gasteiger partial charge on any atom is -0.481 e. The van der Waals surface area contributed by atoms with E-state index in [1.54, 1.807) is 4.90 Å². The van der Waals surface area contributed by atoms with E-state index in [1.165, 1.54) is 11.1 Å². The second-order valence-electron chi connectivity index (χ2n) is 5.97. The van der Waals surface area contributed by atoms with Gasteiger partial charge in [0.15, 0.2) is 5.41 Å². The van der Waals surface area contributed by atoms with Gasteiger partial charge >= 0.3 is 12.1 Å². The highest BCUT2D eigenvalue weighted by Crippen LogP contribution is 2.46. The Balaban J connectivity index is 1.70. The number of aliphatic carboxylic acids is 1. The van der Waals surface area contributed by atoms with Crippen LogP contribution in [0.25, 0.3) is 0 Å². The van der Waals surface area contributed by atoms with Crippen LogP contribution in [0.4, 0.5) is 13.2 Å². The van der Waals surface area contributed by atoms with E-state index in [-0.39, 0.29) is 18.9 Å². The molecule has 2 aliphatic rings. The third kappa shape index (κ3) is 2.21. The van der Waals surface area contributed by atoms with Crippen molar-refractivity contribution in [2.75, 3.05) is 19.6 Å². The van der Waals surface area contributed by atoms with Gasteiger partial charge in [0.1, 0.15) is 0 Å². The topological polar surface area (TPSA) is 40.5 Å². The van der Waals surface area contributed by atoms with Gasteiger partial charge in [-0.15, -0.1) is 0 Å². The zero-order valence-corrected chi connectivity index (χ0v) is 11.4. The first kappa shape index (κ1) is 14.4. The molecule has 1 N–H and O–H groups in total. The van der Waals surface area contributed by atoms with Crippen molar-refractivity contribution < 1.29 is 23.1 Å². The fourth-order valence-corrected chi connectivity index (χ4v) is 3.41. The summed E-state index contributed by atoms with van der Waals surface area (Å²) in [4.78, 5) is 12.8. The van der Waals surface area contributed by atoms with E-state index in [9.17, 15) is 18.0 Å². The molecular weight excluding hydrogens is 283 g/mol. The summed E-state index contributed by atoms with van der Waals surface area (Å²) in [5.74, 6) is -1.54. The van der Waals surface area contributed by atoms with E-state index in [1.807, 2.05) is 24.3 Å². The van der Waals surface area contributed by atoms with Gasteiger partial charge in [-0.2, -0.15) is 13.2 Å². The number of rotatable bonds is 3. The molecule has 0 radical (unpaired) electrons. The lowest BCUT2D eigenvalue weighted by Crippen LogP contribution is -2.47. The summed E-state index contributed by atoms with van der Waals surface area (Å²) in [5, 5.41) is 9.03. The number of halogens is 3. The molecule has 114 valence electrons. The molecule has 3 nitrogen and oxygen atoms in total. The number of carboxylic acid groups (broad SMARTS) is 1. The predicted octanol–water partition coefficient (Wildman–Crippen LogP) is 2.67. The number of carbonyl (C=O) groups is 1. The predicted molar refractivity (Wildman–Crippen MR) is 70.1 cm³/mol. The van der Waals surface area contributed by atoms with Crippen LogP contribution in [0.2, 0.25) is 0 Å². The van der Waals surface area contributed by atoms with Gasteiger partial charge in [0.2, 0.25) is 0 Å². The van der Waals surface area contributed by atoms with Crippen molar-refractivity contribution in [3.05, 3.63) is 35.4 Å². The largest absolute Gasteiger partial charge is 0.481 e. The Bertz CT molecular complexity index is 572. The SMILES string of the molecule is O=C(O)C1(C(F)(F)F)CCN(CC2Cc3ccccc32)C1. The zero-order chi connectivity index (χ0) is 15.3. The first-order valence-corrected chi connectivity index (χ1v) is 6.94. The summed E-state index contributed by atoms with van der Waals surface area (Å²) < 4.78 is 39.3. The van der Waals surface area contributed by atoms with Gasteiger partial charge in [-0.05, 0) is 30.5 Å². The number of alkyl halides is 3. The van der Waals surface area contributed by atoms with Crippen LogP contribution in [0, 0.1) is 5.41 Å². The maximum atomic E-state index is 13.1. The number of benzene rings is 1. The Morgan fingerprint density at radius 2 is 2.10 bits per heavy atom. The third-order valence-electron chi connectivity index (χ3n) is 4.74. The molecule has 2 atom stereocenters. The van der Waals surface area contributed by atoms with Crippen LogP contribution in [0.1, 0.15) is 23.5 Å². The average molecular weight is 299 g/mol. The highest BCUT2D eigenvalue weighted by molar-refractivity contribution is 5.76. The van der Waals surface area contributed by atoms with Crippen molar-refractivity contribution in [2.45, 2.75) is 24.9 Å². The van der Waals surface area contributed by atoms with Crippen molar-refractivity contribution in [1.82, 2.24) is 4.90 Å². The minimum atomic E-state index is -4.70. The Kier molecular flexibility index (Phi) is 3.24. The Hall–Kier alpha value is -1.56. The van der Waals surface area contributed by atoms with Crippen LogP contribution >= 0.6 is 0 Å². The number of hydrogen-bond donors (Lipinski definition) is 1. The van der Waals surface area contributed by atoms with Crippen LogP contribution in [0.5, 0.6) is 0 Å². The molecule has 21 heavy (non-hydrogen) atoms. The summed E-state index contributed by atoms with van der Waals surface area (Å²) in [5.41, 5.74) is -0.185. The second kappa shape index (κ2) is 4.73. The molecule has 1 aromatic rings. The quantitative estimate of drug-likeness (QED) is 0.933. The second-order valence-corrected chi connectivity index (χ2v) is 5.97. The average Bonchev–Trinajstić information content (AvgIpc) is 2.81. The molecule has 3 rings (SSSR count). The molecule has 1 fully saturated rings. The van der Waals surface area contributed by atoms with Crippen LogP contribution in [-0.4, -0.2) is 41.8 Å². The van der Waals surface area contributed by atoms with Crippen LogP contribution in [0.15, 0.2) is 24.3 Å². The first-order chi connectivity index (χ1) is 9.83. The van der Waals surface area contributed by atoms with E-state index >= 15 is 0 Å². The monoisotopic (exact) mass is 299 g/mol. The van der Waals surface area contributed by atoms with Gasteiger partial charge < -0.3 is 10.0 Å². The Morgan fingerprint density at radius 1 is 1.38 bits per heavy atom. The van der Waals surface area contributed by atoms with E-state index in [0.717, 1.165) is 6.42 Å². The maximum absolute atomic E-state index is 13.1. The van der Waals surface area contributed by atoms with E-state index in [2.05, 4.69) is 0 Å². The highest BCUT2D eigenvalue weighted by atomic mass is 19.4. The van der Waals surface area contributed by atoms with E-state index in [4.69, 9.17) is 5.11 Å². The molecule has 1 aliphatic heterocycles. The number of fused-ring (bicyclic) bond motifs is 1. The minimum absolute atomic E-state index is 0.185. The number of carboxylic acids is 1. The molecule has 2 unspecified atom stereocenters.